The Morgan fingerprint density at radius 1 is 0.627 bits per heavy atom. The van der Waals surface area contributed by atoms with Crippen molar-refractivity contribution in [3.05, 3.63) is 147 Å². The molecule has 4 unspecified atom stereocenters. The van der Waals surface area contributed by atoms with Crippen LogP contribution in [0.1, 0.15) is 227 Å². The fourth-order valence-corrected chi connectivity index (χ4v) is 16.7. The van der Waals surface area contributed by atoms with Crippen LogP contribution in [-0.4, -0.2) is 12.3 Å². The van der Waals surface area contributed by atoms with E-state index in [-0.39, 0.29) is 27.7 Å². The van der Waals surface area contributed by atoms with Gasteiger partial charge in [-0.15, -0.1) is 11.3 Å². The maximum atomic E-state index is 11.4. The normalized spacial score (nSPS) is 25.2. The van der Waals surface area contributed by atoms with Gasteiger partial charge in [-0.1, -0.05) is 170 Å². The van der Waals surface area contributed by atoms with E-state index in [0.717, 1.165) is 83.4 Å². The molecule has 75 heavy (non-hydrogen) atoms. The Morgan fingerprint density at radius 2 is 1.31 bits per heavy atom. The number of rotatable bonds is 6. The van der Waals surface area contributed by atoms with Crippen LogP contribution in [0.25, 0.3) is 10.1 Å². The molecule has 4 atom stereocenters. The van der Waals surface area contributed by atoms with E-state index in [1.807, 2.05) is 47.7 Å². The van der Waals surface area contributed by atoms with E-state index in [2.05, 4.69) is 138 Å². The van der Waals surface area contributed by atoms with Crippen molar-refractivity contribution in [1.29, 1.82) is 0 Å². The molecule has 0 amide bonds. The number of anilines is 8. The molecule has 2 fully saturated rings. The van der Waals surface area contributed by atoms with Gasteiger partial charge in [-0.3, -0.25) is 0 Å². The Balaban J connectivity index is 1.19. The van der Waals surface area contributed by atoms with Crippen molar-refractivity contribution < 1.29 is 11.0 Å². The molecule has 0 spiro atoms. The molecule has 0 N–H and O–H groups in total. The Bertz CT molecular complexity index is 3790. The largest absolute Gasteiger partial charge is 0.334 e. The number of hydrogen-bond donors (Lipinski definition) is 0. The predicted molar refractivity (Wildman–Crippen MR) is 327 cm³/mol. The van der Waals surface area contributed by atoms with Gasteiger partial charge in [0.15, 0.2) is 0 Å². The number of hydrogen-bond acceptors (Lipinski definition) is 4. The van der Waals surface area contributed by atoms with Gasteiger partial charge in [0.25, 0.3) is 6.71 Å². The number of thiophene rings is 1. The molecular weight excluding hydrogens is 926 g/mol. The maximum Gasteiger partial charge on any atom is 0.252 e. The third-order valence-corrected chi connectivity index (χ3v) is 21.4. The third kappa shape index (κ3) is 7.38. The lowest BCUT2D eigenvalue weighted by atomic mass is 9.33. The van der Waals surface area contributed by atoms with E-state index in [0.29, 0.717) is 40.1 Å². The Kier molecular flexibility index (Phi) is 9.34. The fourth-order valence-electron chi connectivity index (χ4n) is 15.2. The molecule has 13 rings (SSSR count). The van der Waals surface area contributed by atoms with Gasteiger partial charge in [0.2, 0.25) is 0 Å². The molecule has 4 heterocycles. The van der Waals surface area contributed by atoms with E-state index in [4.69, 9.17) is 8.22 Å². The van der Waals surface area contributed by atoms with E-state index < -0.39 is 37.8 Å². The summed E-state index contributed by atoms with van der Waals surface area (Å²) in [6.07, 6.45) is 12.3. The second kappa shape index (κ2) is 17.1. The van der Waals surface area contributed by atoms with E-state index >= 15 is 0 Å². The van der Waals surface area contributed by atoms with E-state index in [1.165, 1.54) is 69.3 Å². The average Bonchev–Trinajstić information content (AvgIpc) is 1.85. The Labute approximate surface area is 466 Å². The number of fused-ring (bicyclic) bond motifs is 10. The van der Waals surface area contributed by atoms with Crippen LogP contribution in [0.3, 0.4) is 0 Å². The summed E-state index contributed by atoms with van der Waals surface area (Å²) in [7, 11) is 0. The molecule has 7 aromatic rings. The molecule has 3 nitrogen and oxygen atoms in total. The smallest absolute Gasteiger partial charge is 0.252 e. The first kappa shape index (κ1) is 40.9. The number of benzene rings is 6. The van der Waals surface area contributed by atoms with Crippen molar-refractivity contribution in [2.45, 2.75) is 205 Å². The lowest BCUT2D eigenvalue weighted by molar-refractivity contribution is 0.195. The van der Waals surface area contributed by atoms with Crippen molar-refractivity contribution in [1.82, 2.24) is 0 Å². The first-order valence-electron chi connectivity index (χ1n) is 32.6. The van der Waals surface area contributed by atoms with Crippen LogP contribution in [0.2, 0.25) is 0 Å². The standard InChI is InChI=1S/C70H82BN3S/c1-43(2)46-22-19-23-51(36-46)73-58-38-47(44(3)4)24-30-55(58)71-56-41-53-62(75-65-63(53)67(8,9)34-35-68(65,10)11)42-59(56)72(50-28-26-49(27-29-50)66(5,6)7)60-39-52(40-61(73)64(60)71)74-57-31-25-48(45-20-15-14-16-21-45)37-54(57)69(12)32-17-18-33-70(69,74)13/h19,22-31,36-45H,14-18,20-21,32-35H2,1-13H3/i1D3,3D3,39D,40D. The summed E-state index contributed by atoms with van der Waals surface area (Å²) >= 11 is 1.92. The minimum absolute atomic E-state index is 0.0245. The van der Waals surface area contributed by atoms with Gasteiger partial charge in [-0.2, -0.15) is 0 Å². The lowest BCUT2D eigenvalue weighted by Crippen LogP contribution is -2.61. The van der Waals surface area contributed by atoms with Gasteiger partial charge in [0, 0.05) is 68.7 Å². The van der Waals surface area contributed by atoms with Gasteiger partial charge in [-0.25, -0.2) is 0 Å². The van der Waals surface area contributed by atoms with E-state index in [9.17, 15) is 2.74 Å². The highest BCUT2D eigenvalue weighted by Crippen LogP contribution is 2.63. The predicted octanol–water partition coefficient (Wildman–Crippen LogP) is 18.7. The van der Waals surface area contributed by atoms with Crippen molar-refractivity contribution in [2.24, 2.45) is 0 Å². The summed E-state index contributed by atoms with van der Waals surface area (Å²) in [6.45, 7) is 19.7. The molecule has 1 aromatic heterocycles. The molecule has 6 aliphatic rings. The zero-order valence-corrected chi connectivity index (χ0v) is 47.4. The van der Waals surface area contributed by atoms with Crippen molar-refractivity contribution in [3.63, 3.8) is 0 Å². The van der Waals surface area contributed by atoms with Crippen molar-refractivity contribution in [3.8, 4) is 0 Å². The first-order valence-corrected chi connectivity index (χ1v) is 29.5. The Hall–Kier alpha value is -5.26. The molecule has 0 bridgehead atoms. The molecule has 3 aliphatic heterocycles. The summed E-state index contributed by atoms with van der Waals surface area (Å²) in [5.41, 5.74) is 14.8. The summed E-state index contributed by atoms with van der Waals surface area (Å²) < 4.78 is 76.2. The number of nitrogens with zero attached hydrogens (tertiary/aromatic N) is 3. The quantitative estimate of drug-likeness (QED) is 0.154. The third-order valence-electron chi connectivity index (χ3n) is 19.9. The highest BCUT2D eigenvalue weighted by Gasteiger charge is 2.58. The molecular formula is C70H82BN3S. The molecule has 0 radical (unpaired) electrons. The van der Waals surface area contributed by atoms with Crippen LogP contribution in [-0.2, 0) is 21.7 Å². The molecule has 5 heteroatoms. The minimum Gasteiger partial charge on any atom is -0.334 e. The zero-order valence-electron chi connectivity index (χ0n) is 54.6. The zero-order chi connectivity index (χ0) is 59.0. The van der Waals surface area contributed by atoms with Gasteiger partial charge in [-0.05, 0) is 189 Å². The summed E-state index contributed by atoms with van der Waals surface area (Å²) in [5, 5.41) is 1.25. The average molecular weight is 1020 g/mol. The van der Waals surface area contributed by atoms with Crippen LogP contribution in [0, 0.1) is 0 Å². The van der Waals surface area contributed by atoms with Crippen LogP contribution in [0.4, 0.5) is 45.5 Å². The van der Waals surface area contributed by atoms with Gasteiger partial charge in [0.05, 0.1) is 8.28 Å². The summed E-state index contributed by atoms with van der Waals surface area (Å²) in [6, 6.07) is 35.6. The SMILES string of the molecule is [2H]c1c2c3c(c([2H])c1N1c4ccc(C5CCCCC5)cc4C4(C)CCCCC14C)N(c1ccc(C(C)(C)C)cc1)c1cc4sc5c(c4cc1B3c1ccc(C(C)C([2H])([2H])[2H])cc1N2c1cccc(C(C)C([2H])([2H])[2H])c1)C(C)(C)CCC5(C)C. The van der Waals surface area contributed by atoms with Crippen molar-refractivity contribution >= 4 is 90.0 Å². The molecule has 6 aromatic carbocycles. The van der Waals surface area contributed by atoms with Crippen molar-refractivity contribution in [2.75, 3.05) is 14.7 Å². The fraction of sp³-hybridized carbons (Fsp3) is 0.457. The van der Waals surface area contributed by atoms with E-state index in [1.54, 1.807) is 13.8 Å². The molecule has 2 saturated carbocycles. The summed E-state index contributed by atoms with van der Waals surface area (Å²) in [5.74, 6) is -1.10. The molecule has 3 aliphatic carbocycles. The van der Waals surface area contributed by atoms with Gasteiger partial charge in [0.1, 0.15) is 0 Å². The molecule has 386 valence electrons. The highest BCUT2D eigenvalue weighted by atomic mass is 32.1. The van der Waals surface area contributed by atoms with Gasteiger partial charge >= 0.3 is 0 Å². The van der Waals surface area contributed by atoms with Crippen LogP contribution < -0.4 is 31.1 Å². The topological polar surface area (TPSA) is 9.72 Å². The first-order chi connectivity index (χ1) is 39.0. The minimum atomic E-state index is -2.30. The maximum absolute atomic E-state index is 11.4. The summed E-state index contributed by atoms with van der Waals surface area (Å²) in [4.78, 5) is 8.41. The van der Waals surface area contributed by atoms with Crippen LogP contribution >= 0.6 is 11.3 Å². The second-order valence-corrected chi connectivity index (χ2v) is 27.8. The van der Waals surface area contributed by atoms with Crippen LogP contribution in [0.5, 0.6) is 0 Å². The second-order valence-electron chi connectivity index (χ2n) is 26.7. The lowest BCUT2D eigenvalue weighted by Gasteiger charge is -2.51. The van der Waals surface area contributed by atoms with Crippen LogP contribution in [0.15, 0.2) is 109 Å². The molecule has 0 saturated heterocycles. The highest BCUT2D eigenvalue weighted by molar-refractivity contribution is 7.19. The Morgan fingerprint density at radius 3 is 2.03 bits per heavy atom. The monoisotopic (exact) mass is 1020 g/mol. The van der Waals surface area contributed by atoms with Gasteiger partial charge < -0.3 is 14.7 Å².